The molecule has 0 fully saturated rings. The first kappa shape index (κ1) is 26.0. The number of amides is 1. The van der Waals surface area contributed by atoms with E-state index in [1.807, 2.05) is 55.5 Å². The SMILES string of the molecule is CCNC(=NCc1cccc(OCC(=O)N(C)C)c1)NCCc1ccccc1Cl.I. The van der Waals surface area contributed by atoms with Gasteiger partial charge in [0.2, 0.25) is 0 Å². The lowest BCUT2D eigenvalue weighted by Gasteiger charge is -2.13. The van der Waals surface area contributed by atoms with Crippen molar-refractivity contribution < 1.29 is 9.53 Å². The molecule has 0 heterocycles. The molecule has 0 unspecified atom stereocenters. The van der Waals surface area contributed by atoms with Gasteiger partial charge in [-0.1, -0.05) is 41.9 Å². The van der Waals surface area contributed by atoms with Crippen molar-refractivity contribution in [3.63, 3.8) is 0 Å². The number of rotatable bonds is 9. The summed E-state index contributed by atoms with van der Waals surface area (Å²) in [6, 6.07) is 15.5. The Morgan fingerprint density at radius 3 is 2.60 bits per heavy atom. The normalized spacial score (nSPS) is 10.7. The first-order valence-electron chi connectivity index (χ1n) is 9.67. The van der Waals surface area contributed by atoms with Gasteiger partial charge in [0, 0.05) is 32.2 Å². The lowest BCUT2D eigenvalue weighted by atomic mass is 10.1. The Balaban J connectivity index is 0.00000450. The molecule has 30 heavy (non-hydrogen) atoms. The van der Waals surface area contributed by atoms with Crippen LogP contribution in [0, 0.1) is 0 Å². The lowest BCUT2D eigenvalue weighted by Crippen LogP contribution is -2.38. The number of aliphatic imine (C=N–C) groups is 1. The van der Waals surface area contributed by atoms with Crippen LogP contribution in [-0.2, 0) is 17.8 Å². The molecule has 0 aliphatic heterocycles. The highest BCUT2D eigenvalue weighted by Gasteiger charge is 2.06. The molecular weight excluding hydrogens is 515 g/mol. The molecule has 0 atom stereocenters. The molecule has 1 amide bonds. The zero-order valence-corrected chi connectivity index (χ0v) is 20.7. The van der Waals surface area contributed by atoms with Gasteiger partial charge in [-0.25, -0.2) is 4.99 Å². The van der Waals surface area contributed by atoms with Gasteiger partial charge in [-0.3, -0.25) is 4.79 Å². The number of nitrogens with one attached hydrogen (secondary N) is 2. The number of ether oxygens (including phenoxy) is 1. The van der Waals surface area contributed by atoms with Gasteiger partial charge in [0.05, 0.1) is 6.54 Å². The second-order valence-electron chi connectivity index (χ2n) is 6.69. The fraction of sp³-hybridized carbons (Fsp3) is 0.364. The zero-order valence-electron chi connectivity index (χ0n) is 17.7. The molecule has 0 aromatic heterocycles. The van der Waals surface area contributed by atoms with Gasteiger partial charge in [0.15, 0.2) is 12.6 Å². The third-order valence-electron chi connectivity index (χ3n) is 4.17. The van der Waals surface area contributed by atoms with E-state index >= 15 is 0 Å². The highest BCUT2D eigenvalue weighted by Crippen LogP contribution is 2.15. The highest BCUT2D eigenvalue weighted by atomic mass is 127. The van der Waals surface area contributed by atoms with Crippen molar-refractivity contribution in [2.24, 2.45) is 4.99 Å². The van der Waals surface area contributed by atoms with Crippen LogP contribution in [0.25, 0.3) is 0 Å². The van der Waals surface area contributed by atoms with Crippen LogP contribution in [0.2, 0.25) is 5.02 Å². The van der Waals surface area contributed by atoms with Gasteiger partial charge in [-0.15, -0.1) is 24.0 Å². The van der Waals surface area contributed by atoms with Gasteiger partial charge in [0.1, 0.15) is 5.75 Å². The Morgan fingerprint density at radius 1 is 1.13 bits per heavy atom. The average Bonchev–Trinajstić information content (AvgIpc) is 2.71. The van der Waals surface area contributed by atoms with E-state index in [9.17, 15) is 4.79 Å². The molecule has 2 N–H and O–H groups in total. The summed E-state index contributed by atoms with van der Waals surface area (Å²) in [6.07, 6.45) is 0.813. The molecule has 6 nitrogen and oxygen atoms in total. The van der Waals surface area contributed by atoms with E-state index in [0.29, 0.717) is 12.3 Å². The maximum Gasteiger partial charge on any atom is 0.259 e. The smallest absolute Gasteiger partial charge is 0.259 e. The number of likely N-dealkylation sites (N-methyl/N-ethyl adjacent to an activating group) is 1. The predicted octanol–water partition coefficient (Wildman–Crippen LogP) is 3.72. The minimum absolute atomic E-state index is 0. The highest BCUT2D eigenvalue weighted by molar-refractivity contribution is 14.0. The fourth-order valence-corrected chi connectivity index (χ4v) is 2.77. The molecule has 0 radical (unpaired) electrons. The maximum atomic E-state index is 11.7. The van der Waals surface area contributed by atoms with Crippen molar-refractivity contribution in [3.05, 3.63) is 64.7 Å². The number of nitrogens with zero attached hydrogens (tertiary/aromatic N) is 2. The molecule has 0 saturated carbocycles. The van der Waals surface area contributed by atoms with Crippen molar-refractivity contribution in [2.75, 3.05) is 33.8 Å². The summed E-state index contributed by atoms with van der Waals surface area (Å²) in [5.41, 5.74) is 2.11. The summed E-state index contributed by atoms with van der Waals surface area (Å²) in [4.78, 5) is 17.8. The van der Waals surface area contributed by atoms with Crippen molar-refractivity contribution in [1.29, 1.82) is 0 Å². The third kappa shape index (κ3) is 9.21. The van der Waals surface area contributed by atoms with E-state index < -0.39 is 0 Å². The van der Waals surface area contributed by atoms with E-state index in [4.69, 9.17) is 16.3 Å². The Bertz CT molecular complexity index is 830. The van der Waals surface area contributed by atoms with E-state index in [2.05, 4.69) is 15.6 Å². The van der Waals surface area contributed by atoms with Crippen LogP contribution in [0.1, 0.15) is 18.1 Å². The summed E-state index contributed by atoms with van der Waals surface area (Å²) in [6.45, 7) is 4.05. The number of carbonyl (C=O) groups is 1. The fourth-order valence-electron chi connectivity index (χ4n) is 2.54. The molecule has 0 saturated heterocycles. The van der Waals surface area contributed by atoms with E-state index in [1.54, 1.807) is 14.1 Å². The van der Waals surface area contributed by atoms with E-state index in [-0.39, 0.29) is 36.5 Å². The third-order valence-corrected chi connectivity index (χ3v) is 4.54. The van der Waals surface area contributed by atoms with Crippen LogP contribution in [0.4, 0.5) is 0 Å². The van der Waals surface area contributed by atoms with E-state index in [1.165, 1.54) is 4.90 Å². The topological polar surface area (TPSA) is 66.0 Å². The van der Waals surface area contributed by atoms with Crippen molar-refractivity contribution in [2.45, 2.75) is 19.9 Å². The minimum Gasteiger partial charge on any atom is -0.484 e. The second kappa shape index (κ2) is 14.1. The number of guanidine groups is 1. The summed E-state index contributed by atoms with van der Waals surface area (Å²) < 4.78 is 5.57. The van der Waals surface area contributed by atoms with Gasteiger partial charge in [-0.2, -0.15) is 0 Å². The standard InChI is InChI=1S/C22H29ClN4O2.HI/c1-4-24-22(25-13-12-18-9-5-6-11-20(18)23)26-15-17-8-7-10-19(14-17)29-16-21(28)27(2)3;/h5-11,14H,4,12-13,15-16H2,1-3H3,(H2,24,25,26);1H. The van der Waals surface area contributed by atoms with Gasteiger partial charge >= 0.3 is 0 Å². The molecule has 2 rings (SSSR count). The van der Waals surface area contributed by atoms with Gasteiger partial charge in [-0.05, 0) is 42.7 Å². The Kier molecular flexibility index (Phi) is 12.2. The van der Waals surface area contributed by atoms with Crippen LogP contribution in [0.3, 0.4) is 0 Å². The molecule has 0 aliphatic rings. The van der Waals surface area contributed by atoms with Crippen LogP contribution < -0.4 is 15.4 Å². The predicted molar refractivity (Wildman–Crippen MR) is 134 cm³/mol. The van der Waals surface area contributed by atoms with Crippen molar-refractivity contribution in [3.8, 4) is 5.75 Å². The minimum atomic E-state index is -0.0782. The van der Waals surface area contributed by atoms with Crippen molar-refractivity contribution >= 4 is 47.4 Å². The van der Waals surface area contributed by atoms with Gasteiger partial charge < -0.3 is 20.3 Å². The molecule has 8 heteroatoms. The summed E-state index contributed by atoms with van der Waals surface area (Å²) in [5.74, 6) is 1.32. The molecule has 164 valence electrons. The number of halogens is 2. The van der Waals surface area contributed by atoms with Crippen LogP contribution in [-0.4, -0.2) is 50.6 Å². The maximum absolute atomic E-state index is 11.7. The van der Waals surface area contributed by atoms with E-state index in [0.717, 1.165) is 41.6 Å². The van der Waals surface area contributed by atoms with Gasteiger partial charge in [0.25, 0.3) is 5.91 Å². The number of carbonyl (C=O) groups excluding carboxylic acids is 1. The zero-order chi connectivity index (χ0) is 21.1. The van der Waals surface area contributed by atoms with Crippen molar-refractivity contribution in [1.82, 2.24) is 15.5 Å². The summed E-state index contributed by atoms with van der Waals surface area (Å²) in [7, 11) is 3.41. The quantitative estimate of drug-likeness (QED) is 0.287. The largest absolute Gasteiger partial charge is 0.484 e. The second-order valence-corrected chi connectivity index (χ2v) is 7.09. The molecule has 0 spiro atoms. The molecule has 0 aliphatic carbocycles. The number of hydrogen-bond acceptors (Lipinski definition) is 3. The Morgan fingerprint density at radius 2 is 1.90 bits per heavy atom. The van der Waals surface area contributed by atoms with Crippen LogP contribution in [0.5, 0.6) is 5.75 Å². The van der Waals surface area contributed by atoms with Crippen LogP contribution >= 0.6 is 35.6 Å². The average molecular weight is 545 g/mol. The Hall–Kier alpha value is -2.00. The Labute approximate surface area is 201 Å². The molecule has 0 bridgehead atoms. The molecule has 2 aromatic carbocycles. The molecular formula is C22H30ClIN4O2. The first-order valence-corrected chi connectivity index (χ1v) is 10.0. The first-order chi connectivity index (χ1) is 14.0. The summed E-state index contributed by atoms with van der Waals surface area (Å²) in [5, 5.41) is 7.36. The van der Waals surface area contributed by atoms with Crippen LogP contribution in [0.15, 0.2) is 53.5 Å². The number of benzene rings is 2. The lowest BCUT2D eigenvalue weighted by molar-refractivity contribution is -0.130. The molecule has 2 aromatic rings. The monoisotopic (exact) mass is 544 g/mol. The number of hydrogen-bond donors (Lipinski definition) is 2. The summed E-state index contributed by atoms with van der Waals surface area (Å²) >= 11 is 6.21.